The third-order valence-corrected chi connectivity index (χ3v) is 5.79. The van der Waals surface area contributed by atoms with E-state index >= 15 is 0 Å². The second-order valence-corrected chi connectivity index (χ2v) is 7.89. The van der Waals surface area contributed by atoms with Gasteiger partial charge in [0.2, 0.25) is 0 Å². The molecule has 2 nitrogen and oxygen atoms in total. The summed E-state index contributed by atoms with van der Waals surface area (Å²) >= 11 is 0. The maximum Gasteiger partial charge on any atom is 0.129 e. The van der Waals surface area contributed by atoms with E-state index in [9.17, 15) is 5.11 Å². The first-order valence-corrected chi connectivity index (χ1v) is 9.45. The fraction of sp³-hybridized carbons (Fsp3) is 0.200. The van der Waals surface area contributed by atoms with Crippen LogP contribution in [0.3, 0.4) is 0 Å². The van der Waals surface area contributed by atoms with Gasteiger partial charge in [-0.25, -0.2) is 0 Å². The van der Waals surface area contributed by atoms with E-state index in [-0.39, 0.29) is 11.5 Å². The minimum absolute atomic E-state index is 0.158. The molecule has 1 unspecified atom stereocenters. The Morgan fingerprint density at radius 1 is 0.963 bits per heavy atom. The molecule has 0 saturated heterocycles. The van der Waals surface area contributed by atoms with E-state index in [1.54, 1.807) is 6.07 Å². The molecule has 1 aliphatic heterocycles. The van der Waals surface area contributed by atoms with Gasteiger partial charge >= 0.3 is 0 Å². The molecule has 1 aliphatic carbocycles. The normalized spacial score (nSPS) is 20.1. The molecule has 1 N–H and O–H groups in total. The molecule has 0 bridgehead atoms. The number of ether oxygens (including phenoxy) is 1. The van der Waals surface area contributed by atoms with Gasteiger partial charge in [-0.3, -0.25) is 0 Å². The van der Waals surface area contributed by atoms with Crippen LogP contribution in [0.5, 0.6) is 11.5 Å². The van der Waals surface area contributed by atoms with Crippen LogP contribution in [0.15, 0.2) is 78.4 Å². The third kappa shape index (κ3) is 2.48. The van der Waals surface area contributed by atoms with Gasteiger partial charge in [0.15, 0.2) is 0 Å². The summed E-state index contributed by atoms with van der Waals surface area (Å²) in [6, 6.07) is 20.4. The highest BCUT2D eigenvalue weighted by Crippen LogP contribution is 2.50. The fourth-order valence-corrected chi connectivity index (χ4v) is 4.50. The molecule has 3 aromatic carbocycles. The van der Waals surface area contributed by atoms with Crippen LogP contribution in [-0.4, -0.2) is 10.7 Å². The second-order valence-electron chi connectivity index (χ2n) is 7.89. The molecule has 3 aromatic rings. The van der Waals surface area contributed by atoms with Crippen molar-refractivity contribution in [2.24, 2.45) is 0 Å². The minimum Gasteiger partial charge on any atom is -0.508 e. The monoisotopic (exact) mass is 354 g/mol. The SMILES string of the molecule is CC1(C)Oc2ccc3ccccc3c2C2=C1C=CC(c1ccccc1O)C2. The van der Waals surface area contributed by atoms with E-state index in [2.05, 4.69) is 62.4 Å². The summed E-state index contributed by atoms with van der Waals surface area (Å²) in [6.45, 7) is 4.26. The summed E-state index contributed by atoms with van der Waals surface area (Å²) in [5.41, 5.74) is 4.37. The van der Waals surface area contributed by atoms with Crippen LogP contribution in [0, 0.1) is 0 Å². The maximum atomic E-state index is 10.4. The Morgan fingerprint density at radius 2 is 1.74 bits per heavy atom. The van der Waals surface area contributed by atoms with Crippen LogP contribution in [0.2, 0.25) is 0 Å². The van der Waals surface area contributed by atoms with Gasteiger partial charge in [-0.2, -0.15) is 0 Å². The maximum absolute atomic E-state index is 10.4. The zero-order chi connectivity index (χ0) is 18.6. The van der Waals surface area contributed by atoms with E-state index in [0.717, 1.165) is 17.7 Å². The molecule has 0 spiro atoms. The number of para-hydroxylation sites is 1. The van der Waals surface area contributed by atoms with Crippen molar-refractivity contribution in [1.29, 1.82) is 0 Å². The molecule has 0 amide bonds. The molecule has 0 aromatic heterocycles. The van der Waals surface area contributed by atoms with Crippen molar-refractivity contribution in [3.8, 4) is 11.5 Å². The number of aromatic hydroxyl groups is 1. The minimum atomic E-state index is -0.370. The standard InChI is InChI=1S/C25H22O2/c1-25(2)21-13-11-17(18-8-5-6-10-22(18)26)15-20(21)24-19-9-4-3-7-16(19)12-14-23(24)27-25/h3-14,17,26H,15H2,1-2H3. The summed E-state index contributed by atoms with van der Waals surface area (Å²) in [5.74, 6) is 1.47. The molecule has 1 heterocycles. The van der Waals surface area contributed by atoms with Crippen LogP contribution in [0.1, 0.15) is 37.3 Å². The Morgan fingerprint density at radius 3 is 2.59 bits per heavy atom. The summed E-state index contributed by atoms with van der Waals surface area (Å²) in [7, 11) is 0. The van der Waals surface area contributed by atoms with Gasteiger partial charge in [0.25, 0.3) is 0 Å². The number of phenolic OH excluding ortho intramolecular Hbond substituents is 1. The lowest BCUT2D eigenvalue weighted by Crippen LogP contribution is -2.35. The molecular formula is C25H22O2. The zero-order valence-corrected chi connectivity index (χ0v) is 15.6. The van der Waals surface area contributed by atoms with E-state index < -0.39 is 0 Å². The van der Waals surface area contributed by atoms with Crippen molar-refractivity contribution in [3.63, 3.8) is 0 Å². The molecule has 0 fully saturated rings. The fourth-order valence-electron chi connectivity index (χ4n) is 4.50. The average Bonchev–Trinajstić information content (AvgIpc) is 2.67. The number of hydrogen-bond donors (Lipinski definition) is 1. The number of phenols is 1. The lowest BCUT2D eigenvalue weighted by molar-refractivity contribution is 0.148. The van der Waals surface area contributed by atoms with Crippen LogP contribution >= 0.6 is 0 Å². The van der Waals surface area contributed by atoms with Crippen LogP contribution in [0.4, 0.5) is 0 Å². The Balaban J connectivity index is 1.72. The smallest absolute Gasteiger partial charge is 0.129 e. The Bertz CT molecular complexity index is 1120. The number of benzene rings is 3. The molecule has 134 valence electrons. The lowest BCUT2D eigenvalue weighted by Gasteiger charge is -2.39. The molecule has 0 radical (unpaired) electrons. The van der Waals surface area contributed by atoms with Crippen molar-refractivity contribution in [3.05, 3.63) is 89.5 Å². The molecule has 5 rings (SSSR count). The van der Waals surface area contributed by atoms with Crippen LogP contribution in [0.25, 0.3) is 16.3 Å². The van der Waals surface area contributed by atoms with Gasteiger partial charge < -0.3 is 9.84 Å². The van der Waals surface area contributed by atoms with E-state index in [1.807, 2.05) is 18.2 Å². The van der Waals surface area contributed by atoms with Gasteiger partial charge in [0.05, 0.1) is 0 Å². The van der Waals surface area contributed by atoms with Gasteiger partial charge in [0, 0.05) is 17.0 Å². The van der Waals surface area contributed by atoms with Crippen LogP contribution in [-0.2, 0) is 0 Å². The second kappa shape index (κ2) is 5.75. The van der Waals surface area contributed by atoms with Crippen molar-refractivity contribution < 1.29 is 9.84 Å². The molecule has 0 saturated carbocycles. The first-order valence-electron chi connectivity index (χ1n) is 9.45. The van der Waals surface area contributed by atoms with Gasteiger partial charge in [-0.1, -0.05) is 60.7 Å². The van der Waals surface area contributed by atoms with E-state index in [4.69, 9.17) is 4.74 Å². The van der Waals surface area contributed by atoms with Crippen LogP contribution < -0.4 is 4.74 Å². The van der Waals surface area contributed by atoms with Crippen molar-refractivity contribution in [2.45, 2.75) is 31.8 Å². The Labute approximate surface area is 159 Å². The molecule has 2 heteroatoms. The van der Waals surface area contributed by atoms with Crippen molar-refractivity contribution in [2.75, 3.05) is 0 Å². The van der Waals surface area contributed by atoms with Gasteiger partial charge in [-0.05, 0) is 54.3 Å². The van der Waals surface area contributed by atoms with Crippen molar-refractivity contribution >= 4 is 16.3 Å². The summed E-state index contributed by atoms with van der Waals surface area (Å²) in [4.78, 5) is 0. The number of hydrogen-bond acceptors (Lipinski definition) is 2. The van der Waals surface area contributed by atoms with Gasteiger partial charge in [-0.15, -0.1) is 0 Å². The quantitative estimate of drug-likeness (QED) is 0.562. The van der Waals surface area contributed by atoms with Gasteiger partial charge in [0.1, 0.15) is 17.1 Å². The topological polar surface area (TPSA) is 29.5 Å². The van der Waals surface area contributed by atoms with E-state index in [1.165, 1.54) is 27.5 Å². The highest BCUT2D eigenvalue weighted by molar-refractivity contribution is 5.99. The van der Waals surface area contributed by atoms with Crippen molar-refractivity contribution in [1.82, 2.24) is 0 Å². The average molecular weight is 354 g/mol. The number of rotatable bonds is 1. The summed E-state index contributed by atoms with van der Waals surface area (Å²) in [5, 5.41) is 12.8. The molecule has 1 atom stereocenters. The molecule has 2 aliphatic rings. The predicted octanol–water partition coefficient (Wildman–Crippen LogP) is 6.21. The predicted molar refractivity (Wildman–Crippen MR) is 110 cm³/mol. The number of fused-ring (bicyclic) bond motifs is 4. The van der Waals surface area contributed by atoms with E-state index in [0.29, 0.717) is 5.75 Å². The molecule has 27 heavy (non-hydrogen) atoms. The summed E-state index contributed by atoms with van der Waals surface area (Å²) < 4.78 is 6.40. The largest absolute Gasteiger partial charge is 0.508 e. The first-order chi connectivity index (χ1) is 13.0. The lowest BCUT2D eigenvalue weighted by atomic mass is 9.75. The molecular weight excluding hydrogens is 332 g/mol. The highest BCUT2D eigenvalue weighted by Gasteiger charge is 2.37. The Kier molecular flexibility index (Phi) is 3.45. The number of allylic oxidation sites excluding steroid dienone is 2. The zero-order valence-electron chi connectivity index (χ0n) is 15.6. The first kappa shape index (κ1) is 16.2. The third-order valence-electron chi connectivity index (χ3n) is 5.79. The highest BCUT2D eigenvalue weighted by atomic mass is 16.5. The summed E-state index contributed by atoms with van der Waals surface area (Å²) in [6.07, 6.45) is 5.26. The Hall–Kier alpha value is -3.00.